The molecule has 0 radical (unpaired) electrons. The van der Waals surface area contributed by atoms with Crippen molar-refractivity contribution in [3.05, 3.63) is 22.8 Å². The average molecular weight is 287 g/mol. The summed E-state index contributed by atoms with van der Waals surface area (Å²) in [5.74, 6) is -0.535. The van der Waals surface area contributed by atoms with E-state index in [-0.39, 0.29) is 16.7 Å². The molecule has 0 atom stereocenters. The quantitative estimate of drug-likeness (QED) is 0.719. The Morgan fingerprint density at radius 3 is 2.89 bits per heavy atom. The van der Waals surface area contributed by atoms with Crippen molar-refractivity contribution in [3.8, 4) is 0 Å². The standard InChI is InChI=1S/C13H19ClN2O3/c1-9(2)19-6-4-3-5-15-12-7-10(13(17)18)11(14)8-16-12/h7-9H,3-6H2,1-2H3,(H,15,16)(H,17,18). The van der Waals surface area contributed by atoms with Gasteiger partial charge in [0.25, 0.3) is 0 Å². The third-order valence-corrected chi connectivity index (χ3v) is 2.72. The van der Waals surface area contributed by atoms with Crippen molar-refractivity contribution in [2.45, 2.75) is 32.8 Å². The summed E-state index contributed by atoms with van der Waals surface area (Å²) in [7, 11) is 0. The topological polar surface area (TPSA) is 71.5 Å². The van der Waals surface area contributed by atoms with Crippen LogP contribution in [0, 0.1) is 0 Å². The van der Waals surface area contributed by atoms with E-state index in [4.69, 9.17) is 21.4 Å². The van der Waals surface area contributed by atoms with E-state index in [1.165, 1.54) is 12.3 Å². The van der Waals surface area contributed by atoms with Crippen LogP contribution in [0.15, 0.2) is 12.3 Å². The van der Waals surface area contributed by atoms with E-state index in [1.807, 2.05) is 13.8 Å². The molecular formula is C13H19ClN2O3. The number of ether oxygens (including phenoxy) is 1. The number of hydrogen-bond acceptors (Lipinski definition) is 4. The smallest absolute Gasteiger partial charge is 0.337 e. The molecule has 106 valence electrons. The first-order chi connectivity index (χ1) is 9.00. The number of hydrogen-bond donors (Lipinski definition) is 2. The number of pyridine rings is 1. The first-order valence-electron chi connectivity index (χ1n) is 6.25. The van der Waals surface area contributed by atoms with E-state index in [2.05, 4.69) is 10.3 Å². The lowest BCUT2D eigenvalue weighted by molar-refractivity contribution is 0.0697. The fourth-order valence-electron chi connectivity index (χ4n) is 1.46. The fourth-order valence-corrected chi connectivity index (χ4v) is 1.65. The van der Waals surface area contributed by atoms with E-state index >= 15 is 0 Å². The number of halogens is 1. The number of unbranched alkanes of at least 4 members (excludes halogenated alkanes) is 1. The highest BCUT2D eigenvalue weighted by Crippen LogP contribution is 2.17. The summed E-state index contributed by atoms with van der Waals surface area (Å²) in [6, 6.07) is 1.44. The van der Waals surface area contributed by atoms with Crippen LogP contribution in [0.25, 0.3) is 0 Å². The van der Waals surface area contributed by atoms with Gasteiger partial charge >= 0.3 is 5.97 Å². The molecule has 0 saturated carbocycles. The number of anilines is 1. The molecule has 1 aromatic heterocycles. The second-order valence-corrected chi connectivity index (χ2v) is 4.82. The van der Waals surface area contributed by atoms with Crippen molar-refractivity contribution in [2.24, 2.45) is 0 Å². The molecule has 0 aliphatic carbocycles. The molecular weight excluding hydrogens is 268 g/mol. The summed E-state index contributed by atoms with van der Waals surface area (Å²) in [6.07, 6.45) is 3.48. The largest absolute Gasteiger partial charge is 0.478 e. The van der Waals surface area contributed by atoms with Gasteiger partial charge in [-0.25, -0.2) is 9.78 Å². The van der Waals surface area contributed by atoms with E-state index in [0.717, 1.165) is 26.0 Å². The van der Waals surface area contributed by atoms with Gasteiger partial charge in [-0.05, 0) is 32.8 Å². The minimum Gasteiger partial charge on any atom is -0.478 e. The SMILES string of the molecule is CC(C)OCCCCNc1cc(C(=O)O)c(Cl)cn1. The Hall–Kier alpha value is -1.33. The minimum atomic E-state index is -1.05. The van der Waals surface area contributed by atoms with Crippen LogP contribution >= 0.6 is 11.6 Å². The van der Waals surface area contributed by atoms with Gasteiger partial charge in [0, 0.05) is 19.3 Å². The number of nitrogens with one attached hydrogen (secondary N) is 1. The zero-order chi connectivity index (χ0) is 14.3. The van der Waals surface area contributed by atoms with Crippen LogP contribution in [0.4, 0.5) is 5.82 Å². The zero-order valence-electron chi connectivity index (χ0n) is 11.1. The van der Waals surface area contributed by atoms with E-state index < -0.39 is 5.97 Å². The van der Waals surface area contributed by atoms with E-state index in [9.17, 15) is 4.79 Å². The number of carboxylic acids is 1. The molecule has 1 heterocycles. The fraction of sp³-hybridized carbons (Fsp3) is 0.538. The molecule has 0 aliphatic heterocycles. The van der Waals surface area contributed by atoms with Gasteiger partial charge in [-0.15, -0.1) is 0 Å². The van der Waals surface area contributed by atoms with Gasteiger partial charge in [-0.2, -0.15) is 0 Å². The summed E-state index contributed by atoms with van der Waals surface area (Å²) in [6.45, 7) is 5.45. The zero-order valence-corrected chi connectivity index (χ0v) is 11.9. The lowest BCUT2D eigenvalue weighted by Gasteiger charge is -2.09. The van der Waals surface area contributed by atoms with Gasteiger partial charge in [0.1, 0.15) is 5.82 Å². The van der Waals surface area contributed by atoms with Crippen molar-refractivity contribution in [2.75, 3.05) is 18.5 Å². The normalized spacial score (nSPS) is 10.7. The molecule has 0 spiro atoms. The first kappa shape index (κ1) is 15.7. The monoisotopic (exact) mass is 286 g/mol. The predicted octanol–water partition coefficient (Wildman–Crippen LogP) is 3.05. The van der Waals surface area contributed by atoms with Crippen LogP contribution in [-0.4, -0.2) is 35.3 Å². The number of aromatic carboxylic acids is 1. The molecule has 0 bridgehead atoms. The Morgan fingerprint density at radius 2 is 2.26 bits per heavy atom. The van der Waals surface area contributed by atoms with Crippen molar-refractivity contribution in [1.29, 1.82) is 0 Å². The van der Waals surface area contributed by atoms with Crippen molar-refractivity contribution < 1.29 is 14.6 Å². The molecule has 0 amide bonds. The molecule has 1 rings (SSSR count). The van der Waals surface area contributed by atoms with Crippen LogP contribution in [0.5, 0.6) is 0 Å². The van der Waals surface area contributed by atoms with Crippen molar-refractivity contribution in [3.63, 3.8) is 0 Å². The Bertz CT molecular complexity index is 424. The Kier molecular flexibility index (Phi) is 6.59. The molecule has 0 saturated heterocycles. The van der Waals surface area contributed by atoms with Crippen LogP contribution in [0.3, 0.4) is 0 Å². The number of rotatable bonds is 8. The number of carbonyl (C=O) groups is 1. The highest BCUT2D eigenvalue weighted by Gasteiger charge is 2.09. The van der Waals surface area contributed by atoms with Crippen molar-refractivity contribution in [1.82, 2.24) is 4.98 Å². The van der Waals surface area contributed by atoms with Gasteiger partial charge in [0.2, 0.25) is 0 Å². The van der Waals surface area contributed by atoms with Gasteiger partial charge in [-0.1, -0.05) is 11.6 Å². The maximum Gasteiger partial charge on any atom is 0.337 e. The van der Waals surface area contributed by atoms with Crippen LogP contribution < -0.4 is 5.32 Å². The summed E-state index contributed by atoms with van der Waals surface area (Å²) < 4.78 is 5.42. The van der Waals surface area contributed by atoms with Gasteiger partial charge in [-0.3, -0.25) is 0 Å². The molecule has 6 heteroatoms. The first-order valence-corrected chi connectivity index (χ1v) is 6.63. The van der Waals surface area contributed by atoms with Crippen LogP contribution in [0.1, 0.15) is 37.0 Å². The predicted molar refractivity (Wildman–Crippen MR) is 75.0 cm³/mol. The molecule has 0 aromatic carbocycles. The summed E-state index contributed by atoms with van der Waals surface area (Å²) in [5.41, 5.74) is 0.0577. The molecule has 0 aliphatic rings. The Morgan fingerprint density at radius 1 is 1.53 bits per heavy atom. The summed E-state index contributed by atoms with van der Waals surface area (Å²) >= 11 is 5.74. The second-order valence-electron chi connectivity index (χ2n) is 4.41. The van der Waals surface area contributed by atoms with Gasteiger partial charge in [0.05, 0.1) is 16.7 Å². The van der Waals surface area contributed by atoms with Gasteiger partial charge < -0.3 is 15.2 Å². The number of aromatic nitrogens is 1. The van der Waals surface area contributed by atoms with Crippen molar-refractivity contribution >= 4 is 23.4 Å². The average Bonchev–Trinajstić information content (AvgIpc) is 2.34. The molecule has 2 N–H and O–H groups in total. The number of carboxylic acid groups (broad SMARTS) is 1. The molecule has 0 fully saturated rings. The lowest BCUT2D eigenvalue weighted by Crippen LogP contribution is -2.08. The van der Waals surface area contributed by atoms with Crippen LogP contribution in [-0.2, 0) is 4.74 Å². The molecule has 0 unspecified atom stereocenters. The maximum absolute atomic E-state index is 10.9. The summed E-state index contributed by atoms with van der Waals surface area (Å²) in [5, 5.41) is 12.1. The molecule has 5 nitrogen and oxygen atoms in total. The van der Waals surface area contributed by atoms with E-state index in [1.54, 1.807) is 0 Å². The Labute approximate surface area is 117 Å². The second kappa shape index (κ2) is 7.96. The maximum atomic E-state index is 10.9. The minimum absolute atomic E-state index is 0.0577. The van der Waals surface area contributed by atoms with E-state index in [0.29, 0.717) is 5.82 Å². The highest BCUT2D eigenvalue weighted by atomic mass is 35.5. The number of nitrogens with zero attached hydrogens (tertiary/aromatic N) is 1. The van der Waals surface area contributed by atoms with Crippen LogP contribution in [0.2, 0.25) is 5.02 Å². The third kappa shape index (κ3) is 5.89. The molecule has 19 heavy (non-hydrogen) atoms. The Balaban J connectivity index is 2.34. The highest BCUT2D eigenvalue weighted by molar-refractivity contribution is 6.33. The lowest BCUT2D eigenvalue weighted by atomic mass is 10.2. The van der Waals surface area contributed by atoms with Gasteiger partial charge in [0.15, 0.2) is 0 Å². The molecule has 1 aromatic rings. The third-order valence-electron chi connectivity index (χ3n) is 2.41. The summed E-state index contributed by atoms with van der Waals surface area (Å²) in [4.78, 5) is 14.9.